The first-order chi connectivity index (χ1) is 4.79. The summed E-state index contributed by atoms with van der Waals surface area (Å²) in [6.07, 6.45) is 0.570. The summed E-state index contributed by atoms with van der Waals surface area (Å²) in [6.45, 7) is 0. The lowest BCUT2D eigenvalue weighted by Crippen LogP contribution is -1.82. The van der Waals surface area contributed by atoms with Gasteiger partial charge < -0.3 is 0 Å². The molecule has 0 radical (unpaired) electrons. The molecule has 0 aromatic carbocycles. The predicted molar refractivity (Wildman–Crippen MR) is 38.5 cm³/mol. The van der Waals surface area contributed by atoms with E-state index in [0.29, 0.717) is 11.0 Å². The summed E-state index contributed by atoms with van der Waals surface area (Å²) >= 11 is 3.18. The zero-order chi connectivity index (χ0) is 7.14. The van der Waals surface area contributed by atoms with Gasteiger partial charge in [0.2, 0.25) is 0 Å². The van der Waals surface area contributed by atoms with Gasteiger partial charge in [-0.1, -0.05) is 0 Å². The zero-order valence-electron chi connectivity index (χ0n) is 5.19. The molecule has 0 bridgehead atoms. The molecule has 1 unspecified atom stereocenters. The number of hydrogen-bond donors (Lipinski definition) is 1. The van der Waals surface area contributed by atoms with Crippen molar-refractivity contribution in [2.45, 2.75) is 19.0 Å². The molecule has 10 heavy (non-hydrogen) atoms. The Labute approximate surface area is 66.0 Å². The van der Waals surface area contributed by atoms with Crippen molar-refractivity contribution in [2.75, 3.05) is 0 Å². The maximum Gasteiger partial charge on any atom is 0.134 e. The zero-order valence-corrected chi connectivity index (χ0v) is 6.78. The molecule has 1 aliphatic rings. The normalized spacial score (nSPS) is 23.2. The summed E-state index contributed by atoms with van der Waals surface area (Å²) in [5.41, 5.74) is 1.67. The van der Waals surface area contributed by atoms with Gasteiger partial charge in [0.15, 0.2) is 0 Å². The van der Waals surface area contributed by atoms with Crippen LogP contribution in [0.4, 0.5) is 4.39 Å². The second-order valence-electron chi connectivity index (χ2n) is 2.41. The minimum atomic E-state index is -0.817. The van der Waals surface area contributed by atoms with Crippen molar-refractivity contribution in [1.82, 2.24) is 10.2 Å². The summed E-state index contributed by atoms with van der Waals surface area (Å²) in [5, 5.41) is 6.62. The van der Waals surface area contributed by atoms with Crippen LogP contribution in [0, 0.1) is 0 Å². The Hall–Kier alpha value is -0.380. The van der Waals surface area contributed by atoms with Crippen LogP contribution in [-0.4, -0.2) is 10.2 Å². The van der Waals surface area contributed by atoms with Gasteiger partial charge in [-0.15, -0.1) is 0 Å². The van der Waals surface area contributed by atoms with Crippen molar-refractivity contribution in [1.29, 1.82) is 0 Å². The Morgan fingerprint density at radius 3 is 3.20 bits per heavy atom. The molecule has 0 amide bonds. The van der Waals surface area contributed by atoms with Gasteiger partial charge >= 0.3 is 0 Å². The topological polar surface area (TPSA) is 28.7 Å². The molecule has 1 aliphatic carbocycles. The largest absolute Gasteiger partial charge is 0.281 e. The van der Waals surface area contributed by atoms with E-state index in [0.717, 1.165) is 17.7 Å². The van der Waals surface area contributed by atoms with E-state index in [1.807, 2.05) is 0 Å². The fourth-order valence-corrected chi connectivity index (χ4v) is 1.86. The molecule has 0 spiro atoms. The van der Waals surface area contributed by atoms with E-state index >= 15 is 0 Å². The predicted octanol–water partition coefficient (Wildman–Crippen LogP) is 2.13. The van der Waals surface area contributed by atoms with Crippen molar-refractivity contribution < 1.29 is 4.39 Å². The summed E-state index contributed by atoms with van der Waals surface area (Å²) < 4.78 is 13.6. The molecule has 2 rings (SSSR count). The van der Waals surface area contributed by atoms with Crippen molar-refractivity contribution >= 4 is 15.9 Å². The van der Waals surface area contributed by atoms with Crippen LogP contribution in [0.1, 0.15) is 23.8 Å². The minimum Gasteiger partial charge on any atom is -0.281 e. The molecule has 1 aromatic heterocycles. The van der Waals surface area contributed by atoms with E-state index in [1.165, 1.54) is 0 Å². The second-order valence-corrected chi connectivity index (χ2v) is 3.16. The number of rotatable bonds is 0. The molecular formula is C6H6BrFN2. The van der Waals surface area contributed by atoms with Gasteiger partial charge in [0, 0.05) is 11.3 Å². The number of nitrogens with zero attached hydrogens (tertiary/aromatic N) is 1. The van der Waals surface area contributed by atoms with Crippen molar-refractivity contribution in [3.05, 3.63) is 15.9 Å². The Bertz CT molecular complexity index is 258. The van der Waals surface area contributed by atoms with Crippen LogP contribution in [0.25, 0.3) is 0 Å². The van der Waals surface area contributed by atoms with Gasteiger partial charge in [-0.25, -0.2) is 4.39 Å². The number of aryl methyl sites for hydroxylation is 1. The number of alkyl halides is 1. The van der Waals surface area contributed by atoms with E-state index in [9.17, 15) is 4.39 Å². The van der Waals surface area contributed by atoms with Crippen LogP contribution >= 0.6 is 15.9 Å². The van der Waals surface area contributed by atoms with Crippen LogP contribution in [0.2, 0.25) is 0 Å². The molecule has 1 atom stereocenters. The number of aromatic amines is 1. The van der Waals surface area contributed by atoms with Crippen LogP contribution < -0.4 is 0 Å². The first-order valence-corrected chi connectivity index (χ1v) is 3.95. The van der Waals surface area contributed by atoms with E-state index in [-0.39, 0.29) is 0 Å². The Balaban J connectivity index is 2.54. The third-order valence-electron chi connectivity index (χ3n) is 1.80. The minimum absolute atomic E-state index is 0.599. The number of halogens is 2. The third-order valence-corrected chi connectivity index (χ3v) is 2.40. The number of nitrogens with one attached hydrogen (secondary N) is 1. The molecule has 2 nitrogen and oxygen atoms in total. The number of hydrogen-bond acceptors (Lipinski definition) is 1. The molecule has 0 saturated carbocycles. The fourth-order valence-electron chi connectivity index (χ4n) is 1.29. The van der Waals surface area contributed by atoms with Crippen molar-refractivity contribution in [2.24, 2.45) is 0 Å². The van der Waals surface area contributed by atoms with E-state index in [4.69, 9.17) is 0 Å². The summed E-state index contributed by atoms with van der Waals surface area (Å²) in [7, 11) is 0. The highest BCUT2D eigenvalue weighted by molar-refractivity contribution is 9.10. The van der Waals surface area contributed by atoms with E-state index in [2.05, 4.69) is 26.1 Å². The SMILES string of the molecule is FC1CCc2[nH]nc(Br)c21. The highest BCUT2D eigenvalue weighted by Crippen LogP contribution is 2.36. The molecule has 1 aromatic rings. The number of fused-ring (bicyclic) bond motifs is 1. The smallest absolute Gasteiger partial charge is 0.134 e. The quantitative estimate of drug-likeness (QED) is 0.690. The molecule has 0 aliphatic heterocycles. The highest BCUT2D eigenvalue weighted by Gasteiger charge is 2.26. The first kappa shape index (κ1) is 6.34. The Morgan fingerprint density at radius 2 is 2.50 bits per heavy atom. The van der Waals surface area contributed by atoms with E-state index in [1.54, 1.807) is 0 Å². The summed E-state index contributed by atoms with van der Waals surface area (Å²) in [6, 6.07) is 0. The lowest BCUT2D eigenvalue weighted by atomic mass is 10.3. The van der Waals surface area contributed by atoms with Crippen molar-refractivity contribution in [3.63, 3.8) is 0 Å². The average Bonchev–Trinajstić information content (AvgIpc) is 2.40. The van der Waals surface area contributed by atoms with Gasteiger partial charge in [0.25, 0.3) is 0 Å². The second kappa shape index (κ2) is 2.05. The first-order valence-electron chi connectivity index (χ1n) is 3.15. The molecule has 0 fully saturated rings. The lowest BCUT2D eigenvalue weighted by Gasteiger charge is -1.94. The molecular weight excluding hydrogens is 199 g/mol. The third kappa shape index (κ3) is 0.714. The summed E-state index contributed by atoms with van der Waals surface area (Å²) in [5.74, 6) is 0. The molecule has 1 N–H and O–H groups in total. The van der Waals surface area contributed by atoms with Gasteiger partial charge in [-0.05, 0) is 28.8 Å². The Kier molecular flexibility index (Phi) is 1.30. The van der Waals surface area contributed by atoms with Crippen LogP contribution in [-0.2, 0) is 6.42 Å². The molecule has 54 valence electrons. The van der Waals surface area contributed by atoms with Gasteiger partial charge in [0.1, 0.15) is 10.8 Å². The van der Waals surface area contributed by atoms with E-state index < -0.39 is 6.17 Å². The van der Waals surface area contributed by atoms with Gasteiger partial charge in [-0.2, -0.15) is 5.10 Å². The maximum absolute atomic E-state index is 12.9. The monoisotopic (exact) mass is 204 g/mol. The van der Waals surface area contributed by atoms with Gasteiger partial charge in [0.05, 0.1) is 0 Å². The maximum atomic E-state index is 12.9. The number of H-pyrrole nitrogens is 1. The molecule has 1 heterocycles. The van der Waals surface area contributed by atoms with Crippen molar-refractivity contribution in [3.8, 4) is 0 Å². The lowest BCUT2D eigenvalue weighted by molar-refractivity contribution is 0.342. The van der Waals surface area contributed by atoms with Crippen LogP contribution in [0.15, 0.2) is 4.60 Å². The van der Waals surface area contributed by atoms with Crippen LogP contribution in [0.5, 0.6) is 0 Å². The number of aromatic nitrogens is 2. The summed E-state index contributed by atoms with van der Waals surface area (Å²) in [4.78, 5) is 0. The van der Waals surface area contributed by atoms with Crippen LogP contribution in [0.3, 0.4) is 0 Å². The molecule has 4 heteroatoms. The fraction of sp³-hybridized carbons (Fsp3) is 0.500. The highest BCUT2D eigenvalue weighted by atomic mass is 79.9. The average molecular weight is 205 g/mol. The van der Waals surface area contributed by atoms with Gasteiger partial charge in [-0.3, -0.25) is 5.10 Å². The standard InChI is InChI=1S/C6H6BrFN2/c7-6-5-3(8)1-2-4(5)9-10-6/h3H,1-2H2,(H,9,10). The Morgan fingerprint density at radius 1 is 1.70 bits per heavy atom. The molecule has 0 saturated heterocycles.